The predicted molar refractivity (Wildman–Crippen MR) is 56.4 cm³/mol. The molecule has 0 unspecified atom stereocenters. The zero-order chi connectivity index (χ0) is 11.5. The van der Waals surface area contributed by atoms with Crippen LogP contribution in [0.2, 0.25) is 0 Å². The van der Waals surface area contributed by atoms with Gasteiger partial charge in [-0.15, -0.1) is 0 Å². The third kappa shape index (κ3) is 2.94. The quantitative estimate of drug-likeness (QED) is 0.744. The molecule has 0 spiro atoms. The molecule has 0 aromatic heterocycles. The van der Waals surface area contributed by atoms with Gasteiger partial charge >= 0.3 is 5.97 Å². The Kier molecular flexibility index (Phi) is 3.72. The summed E-state index contributed by atoms with van der Waals surface area (Å²) in [5.74, 6) is -0.774. The van der Waals surface area contributed by atoms with E-state index in [4.69, 9.17) is 5.11 Å². The fourth-order valence-electron chi connectivity index (χ4n) is 2.06. The molecule has 0 radical (unpaired) electrons. The average Bonchev–Trinajstić information content (AvgIpc) is 2.52. The summed E-state index contributed by atoms with van der Waals surface area (Å²) >= 11 is 0. The summed E-state index contributed by atoms with van der Waals surface area (Å²) in [5.41, 5.74) is -0.980. The second-order valence-corrected chi connectivity index (χ2v) is 4.74. The summed E-state index contributed by atoms with van der Waals surface area (Å²) in [6.07, 6.45) is 3.29. The maximum atomic E-state index is 11.5. The van der Waals surface area contributed by atoms with Gasteiger partial charge in [0.1, 0.15) is 5.54 Å². The van der Waals surface area contributed by atoms with Crippen LogP contribution in [0.1, 0.15) is 46.0 Å². The molecule has 1 saturated carbocycles. The number of hydrogen-bond acceptors (Lipinski definition) is 2. The molecule has 0 aromatic carbocycles. The second-order valence-electron chi connectivity index (χ2n) is 4.74. The van der Waals surface area contributed by atoms with E-state index in [1.54, 1.807) is 0 Å². The van der Waals surface area contributed by atoms with E-state index in [1.165, 1.54) is 0 Å². The molecule has 4 nitrogen and oxygen atoms in total. The van der Waals surface area contributed by atoms with E-state index in [0.29, 0.717) is 19.3 Å². The van der Waals surface area contributed by atoms with Gasteiger partial charge in [0.05, 0.1) is 0 Å². The summed E-state index contributed by atoms with van der Waals surface area (Å²) in [6, 6.07) is 0. The molecule has 0 aliphatic heterocycles. The highest BCUT2D eigenvalue weighted by Gasteiger charge is 2.42. The third-order valence-electron chi connectivity index (χ3n) is 2.84. The molecule has 4 heteroatoms. The van der Waals surface area contributed by atoms with Crippen LogP contribution in [0, 0.1) is 5.92 Å². The summed E-state index contributed by atoms with van der Waals surface area (Å²) in [6.45, 7) is 3.89. The standard InChI is InChI=1S/C11H19NO3/c1-8(2)7-9(13)12-11(10(14)15)5-3-4-6-11/h8H,3-7H2,1-2H3,(H,12,13)(H,14,15). The molecule has 1 fully saturated rings. The maximum absolute atomic E-state index is 11.5. The van der Waals surface area contributed by atoms with Crippen molar-refractivity contribution in [2.24, 2.45) is 5.92 Å². The molecule has 0 saturated heterocycles. The molecular weight excluding hydrogens is 194 g/mol. The Labute approximate surface area is 90.0 Å². The number of carbonyl (C=O) groups is 2. The lowest BCUT2D eigenvalue weighted by Crippen LogP contribution is -2.52. The lowest BCUT2D eigenvalue weighted by atomic mass is 9.97. The van der Waals surface area contributed by atoms with Gasteiger partial charge in [-0.3, -0.25) is 4.79 Å². The van der Waals surface area contributed by atoms with E-state index in [1.807, 2.05) is 13.8 Å². The van der Waals surface area contributed by atoms with Gasteiger partial charge in [-0.05, 0) is 18.8 Å². The number of hydrogen-bond donors (Lipinski definition) is 2. The lowest BCUT2D eigenvalue weighted by Gasteiger charge is -2.25. The van der Waals surface area contributed by atoms with E-state index >= 15 is 0 Å². The highest BCUT2D eigenvalue weighted by Crippen LogP contribution is 2.30. The average molecular weight is 213 g/mol. The first-order chi connectivity index (χ1) is 6.96. The lowest BCUT2D eigenvalue weighted by molar-refractivity contribution is -0.147. The van der Waals surface area contributed by atoms with Gasteiger partial charge in [-0.2, -0.15) is 0 Å². The second kappa shape index (κ2) is 4.64. The van der Waals surface area contributed by atoms with E-state index in [0.717, 1.165) is 12.8 Å². The van der Waals surface area contributed by atoms with Crippen molar-refractivity contribution in [1.29, 1.82) is 0 Å². The van der Waals surface area contributed by atoms with Crippen molar-refractivity contribution in [2.45, 2.75) is 51.5 Å². The van der Waals surface area contributed by atoms with Gasteiger partial charge < -0.3 is 10.4 Å². The van der Waals surface area contributed by atoms with Crippen molar-refractivity contribution >= 4 is 11.9 Å². The van der Waals surface area contributed by atoms with Crippen LogP contribution in [-0.2, 0) is 9.59 Å². The molecule has 0 heterocycles. The van der Waals surface area contributed by atoms with Crippen LogP contribution in [0.25, 0.3) is 0 Å². The first-order valence-corrected chi connectivity index (χ1v) is 5.51. The number of carbonyl (C=O) groups excluding carboxylic acids is 1. The van der Waals surface area contributed by atoms with Crippen LogP contribution in [0.3, 0.4) is 0 Å². The van der Waals surface area contributed by atoms with Crippen LogP contribution in [0.5, 0.6) is 0 Å². The first-order valence-electron chi connectivity index (χ1n) is 5.51. The molecule has 0 aromatic rings. The highest BCUT2D eigenvalue weighted by molar-refractivity contribution is 5.87. The van der Waals surface area contributed by atoms with Crippen molar-refractivity contribution in [3.05, 3.63) is 0 Å². The van der Waals surface area contributed by atoms with Crippen LogP contribution < -0.4 is 5.32 Å². The van der Waals surface area contributed by atoms with Gasteiger partial charge in [0.25, 0.3) is 0 Å². The molecule has 0 atom stereocenters. The van der Waals surface area contributed by atoms with Crippen molar-refractivity contribution in [2.75, 3.05) is 0 Å². The Morgan fingerprint density at radius 2 is 1.87 bits per heavy atom. The number of nitrogens with one attached hydrogen (secondary N) is 1. The minimum absolute atomic E-state index is 0.144. The molecule has 86 valence electrons. The van der Waals surface area contributed by atoms with Crippen LogP contribution >= 0.6 is 0 Å². The van der Waals surface area contributed by atoms with Crippen LogP contribution in [0.15, 0.2) is 0 Å². The topological polar surface area (TPSA) is 66.4 Å². The van der Waals surface area contributed by atoms with Crippen molar-refractivity contribution in [1.82, 2.24) is 5.32 Å². The molecule has 1 aliphatic carbocycles. The highest BCUT2D eigenvalue weighted by atomic mass is 16.4. The molecular formula is C11H19NO3. The van der Waals surface area contributed by atoms with Crippen molar-refractivity contribution in [3.8, 4) is 0 Å². The number of amides is 1. The van der Waals surface area contributed by atoms with Gasteiger partial charge in [0.2, 0.25) is 5.91 Å². The summed E-state index contributed by atoms with van der Waals surface area (Å²) < 4.78 is 0. The molecule has 2 N–H and O–H groups in total. The zero-order valence-electron chi connectivity index (χ0n) is 9.38. The summed E-state index contributed by atoms with van der Waals surface area (Å²) in [5, 5.41) is 11.8. The fourth-order valence-corrected chi connectivity index (χ4v) is 2.06. The third-order valence-corrected chi connectivity index (χ3v) is 2.84. The molecule has 0 bridgehead atoms. The minimum Gasteiger partial charge on any atom is -0.480 e. The van der Waals surface area contributed by atoms with Gasteiger partial charge in [0.15, 0.2) is 0 Å². The largest absolute Gasteiger partial charge is 0.480 e. The Morgan fingerprint density at radius 1 is 1.33 bits per heavy atom. The maximum Gasteiger partial charge on any atom is 0.329 e. The van der Waals surface area contributed by atoms with Crippen molar-refractivity contribution in [3.63, 3.8) is 0 Å². The van der Waals surface area contributed by atoms with E-state index < -0.39 is 11.5 Å². The monoisotopic (exact) mass is 213 g/mol. The van der Waals surface area contributed by atoms with Crippen LogP contribution in [-0.4, -0.2) is 22.5 Å². The number of aliphatic carboxylic acids is 1. The van der Waals surface area contributed by atoms with Gasteiger partial charge in [-0.1, -0.05) is 26.7 Å². The SMILES string of the molecule is CC(C)CC(=O)NC1(C(=O)O)CCCC1. The van der Waals surface area contributed by atoms with Gasteiger partial charge in [-0.25, -0.2) is 4.79 Å². The molecule has 15 heavy (non-hydrogen) atoms. The van der Waals surface area contributed by atoms with Crippen molar-refractivity contribution < 1.29 is 14.7 Å². The Hall–Kier alpha value is -1.06. The molecule has 1 amide bonds. The summed E-state index contributed by atoms with van der Waals surface area (Å²) in [4.78, 5) is 22.7. The number of carboxylic acids is 1. The van der Waals surface area contributed by atoms with E-state index in [9.17, 15) is 9.59 Å². The van der Waals surface area contributed by atoms with Gasteiger partial charge in [0, 0.05) is 6.42 Å². The van der Waals surface area contributed by atoms with Crippen LogP contribution in [0.4, 0.5) is 0 Å². The Balaban J connectivity index is 2.59. The molecule has 1 rings (SSSR count). The minimum atomic E-state index is -0.980. The Bertz CT molecular complexity index is 255. The van der Waals surface area contributed by atoms with E-state index in [2.05, 4.69) is 5.32 Å². The predicted octanol–water partition coefficient (Wildman–Crippen LogP) is 1.55. The number of rotatable bonds is 4. The van der Waals surface area contributed by atoms with E-state index in [-0.39, 0.29) is 11.8 Å². The number of carboxylic acid groups (broad SMARTS) is 1. The zero-order valence-corrected chi connectivity index (χ0v) is 9.38. The fraction of sp³-hybridized carbons (Fsp3) is 0.818. The summed E-state index contributed by atoms with van der Waals surface area (Å²) in [7, 11) is 0. The Morgan fingerprint density at radius 3 is 2.27 bits per heavy atom. The first kappa shape index (κ1) is 12.0. The smallest absolute Gasteiger partial charge is 0.329 e. The molecule has 1 aliphatic rings. The normalized spacial score (nSPS) is 19.1.